The first-order valence-corrected chi connectivity index (χ1v) is 9.41. The summed E-state index contributed by atoms with van der Waals surface area (Å²) >= 11 is 1.90. The number of nitrogens with one attached hydrogen (secondary N) is 1. The lowest BCUT2D eigenvalue weighted by atomic mass is 10.0. The summed E-state index contributed by atoms with van der Waals surface area (Å²) in [5.41, 5.74) is 1.33. The average molecular weight is 310 g/mol. The molecule has 0 aromatic carbocycles. The molecule has 1 aliphatic carbocycles. The number of nitrogens with zero attached hydrogens (tertiary/aromatic N) is 2. The van der Waals surface area contributed by atoms with E-state index in [0.717, 1.165) is 25.6 Å². The van der Waals surface area contributed by atoms with Gasteiger partial charge in [0.25, 0.3) is 0 Å². The molecule has 1 aromatic rings. The van der Waals surface area contributed by atoms with E-state index in [1.807, 2.05) is 11.3 Å². The number of rotatable bonds is 9. The first-order chi connectivity index (χ1) is 10.1. The third kappa shape index (κ3) is 4.19. The highest BCUT2D eigenvalue weighted by Gasteiger charge is 2.24. The zero-order chi connectivity index (χ0) is 15.4. The van der Waals surface area contributed by atoms with Crippen molar-refractivity contribution in [1.82, 2.24) is 10.3 Å². The van der Waals surface area contributed by atoms with Gasteiger partial charge in [0, 0.05) is 30.1 Å². The minimum Gasteiger partial charge on any atom is -0.346 e. The van der Waals surface area contributed by atoms with Gasteiger partial charge in [-0.25, -0.2) is 4.98 Å². The molecular formula is C17H31N3S. The van der Waals surface area contributed by atoms with Crippen molar-refractivity contribution in [2.24, 2.45) is 0 Å². The lowest BCUT2D eigenvalue weighted by molar-refractivity contribution is 0.623. The minimum atomic E-state index is 0.557. The van der Waals surface area contributed by atoms with Crippen molar-refractivity contribution >= 4 is 16.5 Å². The van der Waals surface area contributed by atoms with Crippen molar-refractivity contribution in [1.29, 1.82) is 0 Å². The van der Waals surface area contributed by atoms with Gasteiger partial charge in [0.2, 0.25) is 0 Å². The molecule has 21 heavy (non-hydrogen) atoms. The summed E-state index contributed by atoms with van der Waals surface area (Å²) in [6.07, 6.45) is 5.02. The van der Waals surface area contributed by atoms with E-state index in [9.17, 15) is 0 Å². The van der Waals surface area contributed by atoms with Crippen LogP contribution in [0, 0.1) is 0 Å². The second kappa shape index (κ2) is 7.59. The maximum Gasteiger partial charge on any atom is 0.186 e. The molecular weight excluding hydrogens is 278 g/mol. The predicted molar refractivity (Wildman–Crippen MR) is 93.5 cm³/mol. The number of aromatic nitrogens is 1. The van der Waals surface area contributed by atoms with Crippen LogP contribution >= 0.6 is 11.3 Å². The molecule has 0 aliphatic heterocycles. The van der Waals surface area contributed by atoms with Gasteiger partial charge in [0.05, 0.1) is 5.69 Å². The van der Waals surface area contributed by atoms with Gasteiger partial charge in [-0.15, -0.1) is 11.3 Å². The quantitative estimate of drug-likeness (QED) is 0.726. The smallest absolute Gasteiger partial charge is 0.186 e. The number of anilines is 1. The summed E-state index contributed by atoms with van der Waals surface area (Å²) in [5.74, 6) is 0.557. The highest BCUT2D eigenvalue weighted by Crippen LogP contribution is 2.34. The first-order valence-electron chi connectivity index (χ1n) is 8.60. The van der Waals surface area contributed by atoms with Gasteiger partial charge in [-0.2, -0.15) is 0 Å². The fraction of sp³-hybridized carbons (Fsp3) is 0.824. The highest BCUT2D eigenvalue weighted by molar-refractivity contribution is 7.15. The fourth-order valence-corrected chi connectivity index (χ4v) is 3.86. The number of hydrogen-bond donors (Lipinski definition) is 1. The van der Waals surface area contributed by atoms with E-state index in [4.69, 9.17) is 4.98 Å². The number of thiazole rings is 1. The van der Waals surface area contributed by atoms with Crippen LogP contribution in [0.25, 0.3) is 0 Å². The van der Waals surface area contributed by atoms with Gasteiger partial charge in [-0.05, 0) is 45.4 Å². The highest BCUT2D eigenvalue weighted by atomic mass is 32.1. The van der Waals surface area contributed by atoms with Gasteiger partial charge in [-0.1, -0.05) is 20.8 Å². The molecule has 2 rings (SSSR count). The van der Waals surface area contributed by atoms with E-state index in [1.54, 1.807) is 0 Å². The topological polar surface area (TPSA) is 28.2 Å². The van der Waals surface area contributed by atoms with Gasteiger partial charge >= 0.3 is 0 Å². The second-order valence-corrected chi connectivity index (χ2v) is 7.37. The third-order valence-electron chi connectivity index (χ3n) is 4.63. The lowest BCUT2D eigenvalue weighted by Crippen LogP contribution is -2.32. The molecule has 1 heterocycles. The summed E-state index contributed by atoms with van der Waals surface area (Å²) in [6, 6.07) is 1.33. The van der Waals surface area contributed by atoms with Crippen LogP contribution in [0.4, 0.5) is 5.13 Å². The Morgan fingerprint density at radius 1 is 1.24 bits per heavy atom. The van der Waals surface area contributed by atoms with Gasteiger partial charge in [-0.3, -0.25) is 0 Å². The molecule has 0 spiro atoms. The molecule has 0 bridgehead atoms. The summed E-state index contributed by atoms with van der Waals surface area (Å²) in [4.78, 5) is 8.93. The van der Waals surface area contributed by atoms with Crippen LogP contribution < -0.4 is 10.2 Å². The summed E-state index contributed by atoms with van der Waals surface area (Å²) in [5, 5.41) is 4.87. The van der Waals surface area contributed by atoms with Crippen LogP contribution in [0.3, 0.4) is 0 Å². The molecule has 1 fully saturated rings. The van der Waals surface area contributed by atoms with Crippen LogP contribution in [0.5, 0.6) is 0 Å². The summed E-state index contributed by atoms with van der Waals surface area (Å²) in [6.45, 7) is 13.4. The van der Waals surface area contributed by atoms with E-state index >= 15 is 0 Å². The molecule has 0 radical (unpaired) electrons. The van der Waals surface area contributed by atoms with E-state index < -0.39 is 0 Å². The van der Waals surface area contributed by atoms with Crippen molar-refractivity contribution in [2.75, 3.05) is 11.4 Å². The molecule has 2 atom stereocenters. The standard InChI is InChI=1S/C17H31N3S/c1-6-12(4)16-15(11-18-14-9-10-14)21-17(19-16)20(8-3)13(5)7-2/h12-14,18H,6-11H2,1-5H3. The Kier molecular flexibility index (Phi) is 6.06. The van der Waals surface area contributed by atoms with Crippen molar-refractivity contribution in [3.63, 3.8) is 0 Å². The molecule has 1 aliphatic rings. The molecule has 2 unspecified atom stereocenters. The monoisotopic (exact) mass is 309 g/mol. The molecule has 1 aromatic heterocycles. The zero-order valence-electron chi connectivity index (χ0n) is 14.3. The molecule has 0 saturated heterocycles. The Labute approximate surface area is 134 Å². The molecule has 0 amide bonds. The Morgan fingerprint density at radius 2 is 1.95 bits per heavy atom. The minimum absolute atomic E-state index is 0.557. The van der Waals surface area contributed by atoms with Gasteiger partial charge in [0.15, 0.2) is 5.13 Å². The van der Waals surface area contributed by atoms with Crippen LogP contribution in [0.1, 0.15) is 76.8 Å². The second-order valence-electron chi connectivity index (χ2n) is 6.31. The van der Waals surface area contributed by atoms with E-state index in [-0.39, 0.29) is 0 Å². The average Bonchev–Trinajstić information content (AvgIpc) is 3.24. The van der Waals surface area contributed by atoms with Crippen molar-refractivity contribution < 1.29 is 0 Å². The molecule has 1 N–H and O–H groups in total. The predicted octanol–water partition coefficient (Wildman–Crippen LogP) is 4.53. The third-order valence-corrected chi connectivity index (χ3v) is 5.74. The molecule has 1 saturated carbocycles. The van der Waals surface area contributed by atoms with E-state index in [0.29, 0.717) is 12.0 Å². The van der Waals surface area contributed by atoms with Crippen LogP contribution in [0.15, 0.2) is 0 Å². The Bertz CT molecular complexity index is 439. The van der Waals surface area contributed by atoms with Crippen LogP contribution in [0.2, 0.25) is 0 Å². The number of hydrogen-bond acceptors (Lipinski definition) is 4. The normalized spacial score (nSPS) is 17.8. The zero-order valence-corrected chi connectivity index (χ0v) is 15.1. The van der Waals surface area contributed by atoms with Crippen molar-refractivity contribution in [3.05, 3.63) is 10.6 Å². The fourth-order valence-electron chi connectivity index (χ4n) is 2.56. The Hall–Kier alpha value is -0.610. The van der Waals surface area contributed by atoms with Crippen LogP contribution in [-0.4, -0.2) is 23.6 Å². The molecule has 4 heteroatoms. The maximum atomic E-state index is 5.02. The van der Waals surface area contributed by atoms with E-state index in [2.05, 4.69) is 44.8 Å². The molecule has 3 nitrogen and oxygen atoms in total. The summed E-state index contributed by atoms with van der Waals surface area (Å²) < 4.78 is 0. The van der Waals surface area contributed by atoms with Gasteiger partial charge in [0.1, 0.15) is 0 Å². The maximum absolute atomic E-state index is 5.02. The summed E-state index contributed by atoms with van der Waals surface area (Å²) in [7, 11) is 0. The van der Waals surface area contributed by atoms with E-state index in [1.165, 1.54) is 35.0 Å². The molecule has 120 valence electrons. The first kappa shape index (κ1) is 16.8. The van der Waals surface area contributed by atoms with Crippen molar-refractivity contribution in [3.8, 4) is 0 Å². The lowest BCUT2D eigenvalue weighted by Gasteiger charge is -2.26. The largest absolute Gasteiger partial charge is 0.346 e. The van der Waals surface area contributed by atoms with Crippen molar-refractivity contribution in [2.45, 2.75) is 84.8 Å². The Morgan fingerprint density at radius 3 is 2.48 bits per heavy atom. The SMILES string of the molecule is CCC(C)c1nc(N(CC)C(C)CC)sc1CNC1CC1. The van der Waals surface area contributed by atoms with Crippen LogP contribution in [-0.2, 0) is 6.54 Å². The van der Waals surface area contributed by atoms with Gasteiger partial charge < -0.3 is 10.2 Å². The Balaban J connectivity index is 2.20.